The SMILES string of the molecule is CC(=O)CC(=O)C1C(=O)C2C(=O)c3c(O)ccc(-c4ccc(CC(C)=O)cc4)c3CC2CC1CCO. The Kier molecular flexibility index (Phi) is 7.31. The highest BCUT2D eigenvalue weighted by atomic mass is 16.3. The lowest BCUT2D eigenvalue weighted by atomic mass is 9.59. The molecule has 4 rings (SSSR count). The van der Waals surface area contributed by atoms with Gasteiger partial charge in [0.05, 0.1) is 23.8 Å². The maximum atomic E-state index is 13.7. The van der Waals surface area contributed by atoms with E-state index in [2.05, 4.69) is 0 Å². The van der Waals surface area contributed by atoms with Crippen molar-refractivity contribution in [3.05, 3.63) is 53.1 Å². The van der Waals surface area contributed by atoms with Gasteiger partial charge in [-0.25, -0.2) is 0 Å². The fraction of sp³-hybridized carbons (Fsp3) is 0.414. The third kappa shape index (κ3) is 4.80. The molecule has 2 aliphatic rings. The summed E-state index contributed by atoms with van der Waals surface area (Å²) >= 11 is 0. The van der Waals surface area contributed by atoms with Gasteiger partial charge in [-0.1, -0.05) is 30.3 Å². The number of fused-ring (bicyclic) bond motifs is 2. The topological polar surface area (TPSA) is 126 Å². The minimum Gasteiger partial charge on any atom is -0.507 e. The number of phenols is 1. The quantitative estimate of drug-likeness (QED) is 0.544. The van der Waals surface area contributed by atoms with E-state index in [9.17, 15) is 34.2 Å². The second-order valence-electron chi connectivity index (χ2n) is 10.1. The summed E-state index contributed by atoms with van der Waals surface area (Å²) in [5, 5.41) is 20.2. The number of aliphatic hydroxyl groups is 1. The van der Waals surface area contributed by atoms with E-state index in [1.54, 1.807) is 6.07 Å². The summed E-state index contributed by atoms with van der Waals surface area (Å²) in [4.78, 5) is 63.0. The fourth-order valence-corrected chi connectivity index (χ4v) is 5.99. The van der Waals surface area contributed by atoms with Gasteiger partial charge in [-0.05, 0) is 73.3 Å². The number of carbonyl (C=O) groups is 5. The molecular formula is C29H30O7. The van der Waals surface area contributed by atoms with E-state index >= 15 is 0 Å². The molecular weight excluding hydrogens is 460 g/mol. The molecule has 1 fully saturated rings. The van der Waals surface area contributed by atoms with Crippen LogP contribution in [0, 0.1) is 23.7 Å². The maximum absolute atomic E-state index is 13.7. The average Bonchev–Trinajstić information content (AvgIpc) is 2.79. The number of aliphatic hydroxyl groups excluding tert-OH is 1. The first kappa shape index (κ1) is 25.6. The molecule has 7 nitrogen and oxygen atoms in total. The Hall–Kier alpha value is -3.45. The van der Waals surface area contributed by atoms with Crippen molar-refractivity contribution in [2.45, 2.75) is 46.0 Å². The van der Waals surface area contributed by atoms with Crippen molar-refractivity contribution < 1.29 is 34.2 Å². The minimum absolute atomic E-state index is 0.0564. The second kappa shape index (κ2) is 10.3. The summed E-state index contributed by atoms with van der Waals surface area (Å²) in [5.41, 5.74) is 3.23. The van der Waals surface area contributed by atoms with Crippen molar-refractivity contribution in [3.63, 3.8) is 0 Å². The lowest BCUT2D eigenvalue weighted by Gasteiger charge is -2.42. The second-order valence-corrected chi connectivity index (χ2v) is 10.1. The van der Waals surface area contributed by atoms with Gasteiger partial charge in [-0.3, -0.25) is 24.0 Å². The number of aromatic hydroxyl groups is 1. The number of rotatable bonds is 8. The number of Topliss-reactive ketones (excluding diaryl/α,β-unsaturated/α-hetero) is 5. The normalized spacial score (nSPS) is 23.1. The molecule has 188 valence electrons. The van der Waals surface area contributed by atoms with Gasteiger partial charge in [0.15, 0.2) is 17.3 Å². The number of hydrogen-bond donors (Lipinski definition) is 2. The van der Waals surface area contributed by atoms with Crippen LogP contribution in [0.3, 0.4) is 0 Å². The summed E-state index contributed by atoms with van der Waals surface area (Å²) in [6, 6.07) is 10.6. The van der Waals surface area contributed by atoms with E-state index < -0.39 is 35.1 Å². The summed E-state index contributed by atoms with van der Waals surface area (Å²) in [7, 11) is 0. The van der Waals surface area contributed by atoms with Crippen LogP contribution in [0.2, 0.25) is 0 Å². The Balaban J connectivity index is 1.74. The molecule has 0 aliphatic heterocycles. The first-order chi connectivity index (χ1) is 17.1. The van der Waals surface area contributed by atoms with Gasteiger partial charge in [0.25, 0.3) is 0 Å². The molecule has 1 saturated carbocycles. The van der Waals surface area contributed by atoms with Crippen molar-refractivity contribution in [3.8, 4) is 16.9 Å². The maximum Gasteiger partial charge on any atom is 0.177 e. The van der Waals surface area contributed by atoms with E-state index in [1.807, 2.05) is 24.3 Å². The number of benzene rings is 2. The predicted octanol–water partition coefficient (Wildman–Crippen LogP) is 3.30. The molecule has 36 heavy (non-hydrogen) atoms. The molecule has 2 aromatic rings. The van der Waals surface area contributed by atoms with Gasteiger partial charge in [-0.15, -0.1) is 0 Å². The first-order valence-electron chi connectivity index (χ1n) is 12.3. The van der Waals surface area contributed by atoms with Crippen LogP contribution in [0.25, 0.3) is 11.1 Å². The summed E-state index contributed by atoms with van der Waals surface area (Å²) < 4.78 is 0. The molecule has 4 atom stereocenters. The summed E-state index contributed by atoms with van der Waals surface area (Å²) in [6.07, 6.45) is 0.938. The zero-order valence-corrected chi connectivity index (χ0v) is 20.5. The molecule has 2 N–H and O–H groups in total. The summed E-state index contributed by atoms with van der Waals surface area (Å²) in [5.74, 6) is -5.00. The lowest BCUT2D eigenvalue weighted by molar-refractivity contribution is -0.142. The van der Waals surface area contributed by atoms with Crippen LogP contribution in [0.4, 0.5) is 0 Å². The van der Waals surface area contributed by atoms with Crippen molar-refractivity contribution in [1.29, 1.82) is 0 Å². The Morgan fingerprint density at radius 2 is 1.67 bits per heavy atom. The molecule has 0 bridgehead atoms. The van der Waals surface area contributed by atoms with Crippen molar-refractivity contribution in [2.75, 3.05) is 6.61 Å². The van der Waals surface area contributed by atoms with E-state index in [1.165, 1.54) is 19.9 Å². The van der Waals surface area contributed by atoms with Gasteiger partial charge in [0.1, 0.15) is 17.3 Å². The minimum atomic E-state index is -1.10. The van der Waals surface area contributed by atoms with Crippen molar-refractivity contribution in [2.24, 2.45) is 23.7 Å². The third-order valence-electron chi connectivity index (χ3n) is 7.44. The van der Waals surface area contributed by atoms with Crippen LogP contribution in [-0.2, 0) is 32.0 Å². The van der Waals surface area contributed by atoms with E-state index in [0.29, 0.717) is 24.8 Å². The first-order valence-corrected chi connectivity index (χ1v) is 12.3. The molecule has 0 amide bonds. The zero-order valence-electron chi connectivity index (χ0n) is 20.5. The van der Waals surface area contributed by atoms with Gasteiger partial charge in [-0.2, -0.15) is 0 Å². The standard InChI is InChI=1S/C29H30O7/c1-15(31)11-17-3-5-18(6-4-17)21-7-8-23(33)27-22(21)14-20-13-19(9-10-30)25(24(34)12-16(2)32)28(35)26(20)29(27)36/h3-8,19-20,25-26,30,33H,9-14H2,1-2H3. The molecule has 4 unspecified atom stereocenters. The molecule has 0 aromatic heterocycles. The average molecular weight is 491 g/mol. The largest absolute Gasteiger partial charge is 0.507 e. The van der Waals surface area contributed by atoms with Crippen LogP contribution in [-0.4, -0.2) is 45.7 Å². The van der Waals surface area contributed by atoms with Crippen LogP contribution in [0.1, 0.15) is 54.6 Å². The van der Waals surface area contributed by atoms with Crippen LogP contribution >= 0.6 is 0 Å². The van der Waals surface area contributed by atoms with Crippen LogP contribution < -0.4 is 0 Å². The van der Waals surface area contributed by atoms with Crippen LogP contribution in [0.5, 0.6) is 5.75 Å². The molecule has 2 aliphatic carbocycles. The van der Waals surface area contributed by atoms with E-state index in [4.69, 9.17) is 0 Å². The highest BCUT2D eigenvalue weighted by Gasteiger charge is 2.52. The molecule has 0 spiro atoms. The number of carbonyl (C=O) groups excluding carboxylic acids is 5. The van der Waals surface area contributed by atoms with Crippen molar-refractivity contribution >= 4 is 28.9 Å². The van der Waals surface area contributed by atoms with Crippen molar-refractivity contribution in [1.82, 2.24) is 0 Å². The molecule has 0 heterocycles. The predicted molar refractivity (Wildman–Crippen MR) is 132 cm³/mol. The number of phenolic OH excluding ortho intramolecular Hbond substituents is 1. The smallest absolute Gasteiger partial charge is 0.177 e. The molecule has 2 aromatic carbocycles. The number of hydrogen-bond acceptors (Lipinski definition) is 7. The third-order valence-corrected chi connectivity index (χ3v) is 7.44. The van der Waals surface area contributed by atoms with E-state index in [-0.39, 0.29) is 48.2 Å². The van der Waals surface area contributed by atoms with Gasteiger partial charge in [0.2, 0.25) is 0 Å². The summed E-state index contributed by atoms with van der Waals surface area (Å²) in [6.45, 7) is 2.60. The Bertz CT molecular complexity index is 1240. The van der Waals surface area contributed by atoms with Crippen LogP contribution in [0.15, 0.2) is 36.4 Å². The Morgan fingerprint density at radius 1 is 0.972 bits per heavy atom. The van der Waals surface area contributed by atoms with Gasteiger partial charge >= 0.3 is 0 Å². The highest BCUT2D eigenvalue weighted by molar-refractivity contribution is 6.20. The van der Waals surface area contributed by atoms with Gasteiger partial charge in [0, 0.05) is 13.0 Å². The lowest BCUT2D eigenvalue weighted by Crippen LogP contribution is -2.50. The number of ketones is 5. The Morgan fingerprint density at radius 3 is 2.28 bits per heavy atom. The fourth-order valence-electron chi connectivity index (χ4n) is 5.99. The Labute approximate surface area is 209 Å². The zero-order chi connectivity index (χ0) is 26.1. The highest BCUT2D eigenvalue weighted by Crippen LogP contribution is 2.48. The molecule has 0 saturated heterocycles. The van der Waals surface area contributed by atoms with E-state index in [0.717, 1.165) is 16.7 Å². The molecule has 0 radical (unpaired) electrons. The van der Waals surface area contributed by atoms with Gasteiger partial charge < -0.3 is 10.2 Å². The monoisotopic (exact) mass is 490 g/mol. The molecule has 7 heteroatoms.